The highest BCUT2D eigenvalue weighted by atomic mass is 79.9. The van der Waals surface area contributed by atoms with Gasteiger partial charge in [-0.3, -0.25) is 9.59 Å². The van der Waals surface area contributed by atoms with Gasteiger partial charge in [0.05, 0.1) is 0 Å². The van der Waals surface area contributed by atoms with Crippen molar-refractivity contribution in [3.05, 3.63) is 70.3 Å². The standard InChI is InChI=1S/C33H42BrN5O5/c1-21(2)17-27(38-33(44)39-15-7-3-4-8-16-39)30(40)36-28(19-23-20-35-26-10-6-5-9-25(23)26)31(41)37-29(32(42)43)18-22-11-13-24(34)14-12-22/h5-6,9-14,20-21,27-29,35H,3-4,7-8,15-19H2,1-2H3,(H,36,40)(H,37,41)(H,38,44)(H,42,43)/t27-,28+,29+/m0/s1. The maximum absolute atomic E-state index is 13.8. The number of H-pyrrole nitrogens is 1. The van der Waals surface area contributed by atoms with Crippen LogP contribution in [-0.4, -0.2) is 70.0 Å². The third kappa shape index (κ3) is 9.32. The number of carbonyl (C=O) groups excluding carboxylic acids is 3. The van der Waals surface area contributed by atoms with E-state index in [4.69, 9.17) is 0 Å². The van der Waals surface area contributed by atoms with Crippen molar-refractivity contribution in [1.29, 1.82) is 0 Å². The second kappa shape index (κ2) is 15.7. The Labute approximate surface area is 266 Å². The predicted molar refractivity (Wildman–Crippen MR) is 173 cm³/mol. The number of nitrogens with zero attached hydrogens (tertiary/aromatic N) is 1. The number of benzene rings is 2. The Morgan fingerprint density at radius 1 is 0.841 bits per heavy atom. The van der Waals surface area contributed by atoms with Crippen molar-refractivity contribution in [3.63, 3.8) is 0 Å². The van der Waals surface area contributed by atoms with Gasteiger partial charge in [-0.2, -0.15) is 0 Å². The summed E-state index contributed by atoms with van der Waals surface area (Å²) in [6.45, 7) is 5.22. The fourth-order valence-corrected chi connectivity index (χ4v) is 5.81. The number of rotatable bonds is 12. The number of para-hydroxylation sites is 1. The Kier molecular flexibility index (Phi) is 11.8. The van der Waals surface area contributed by atoms with Gasteiger partial charge in [0.2, 0.25) is 11.8 Å². The highest BCUT2D eigenvalue weighted by molar-refractivity contribution is 9.10. The number of amides is 4. The molecule has 4 amide bonds. The van der Waals surface area contributed by atoms with Crippen LogP contribution in [0.2, 0.25) is 0 Å². The molecule has 0 spiro atoms. The van der Waals surface area contributed by atoms with E-state index in [2.05, 4.69) is 36.9 Å². The molecular formula is C33H42BrN5O5. The monoisotopic (exact) mass is 667 g/mol. The average Bonchev–Trinajstić information content (AvgIpc) is 3.19. The van der Waals surface area contributed by atoms with Gasteiger partial charge < -0.3 is 30.9 Å². The molecule has 3 atom stereocenters. The van der Waals surface area contributed by atoms with Crippen LogP contribution in [0.1, 0.15) is 57.1 Å². The van der Waals surface area contributed by atoms with Crippen LogP contribution < -0.4 is 16.0 Å². The largest absolute Gasteiger partial charge is 0.480 e. The molecule has 0 saturated carbocycles. The third-order valence-corrected chi connectivity index (χ3v) is 8.44. The number of hydrogen-bond donors (Lipinski definition) is 5. The number of carboxylic acid groups (broad SMARTS) is 1. The molecule has 1 saturated heterocycles. The summed E-state index contributed by atoms with van der Waals surface area (Å²) >= 11 is 3.38. The molecule has 5 N–H and O–H groups in total. The number of aliphatic carboxylic acids is 1. The van der Waals surface area contributed by atoms with Crippen LogP contribution in [0.15, 0.2) is 59.2 Å². The van der Waals surface area contributed by atoms with E-state index in [1.54, 1.807) is 23.2 Å². The Morgan fingerprint density at radius 2 is 1.48 bits per heavy atom. The zero-order valence-corrected chi connectivity index (χ0v) is 26.9. The first-order valence-electron chi connectivity index (χ1n) is 15.3. The summed E-state index contributed by atoms with van der Waals surface area (Å²) in [5, 5.41) is 19.3. The summed E-state index contributed by atoms with van der Waals surface area (Å²) in [4.78, 5) is 57.8. The number of halogens is 1. The van der Waals surface area contributed by atoms with Crippen LogP contribution >= 0.6 is 15.9 Å². The Morgan fingerprint density at radius 3 is 2.14 bits per heavy atom. The molecule has 1 aliphatic rings. The zero-order valence-electron chi connectivity index (χ0n) is 25.3. The molecule has 1 aliphatic heterocycles. The van der Waals surface area contributed by atoms with Crippen molar-refractivity contribution in [3.8, 4) is 0 Å². The average molecular weight is 669 g/mol. The molecule has 2 heterocycles. The van der Waals surface area contributed by atoms with Crippen molar-refractivity contribution in [2.75, 3.05) is 13.1 Å². The van der Waals surface area contributed by atoms with Gasteiger partial charge in [0.1, 0.15) is 18.1 Å². The molecule has 11 heteroatoms. The lowest BCUT2D eigenvalue weighted by molar-refractivity contribution is -0.142. The van der Waals surface area contributed by atoms with Gasteiger partial charge in [0.15, 0.2) is 0 Å². The van der Waals surface area contributed by atoms with E-state index < -0.39 is 35.9 Å². The second-order valence-corrected chi connectivity index (χ2v) is 12.8. The third-order valence-electron chi connectivity index (χ3n) is 7.91. The fourth-order valence-electron chi connectivity index (χ4n) is 5.55. The number of nitrogens with one attached hydrogen (secondary N) is 4. The second-order valence-electron chi connectivity index (χ2n) is 11.9. The summed E-state index contributed by atoms with van der Waals surface area (Å²) in [6, 6.07) is 11.4. The first kappa shape index (κ1) is 33.0. The lowest BCUT2D eigenvalue weighted by Crippen LogP contribution is -2.58. The number of urea groups is 1. The van der Waals surface area contributed by atoms with Crippen LogP contribution in [0.4, 0.5) is 4.79 Å². The van der Waals surface area contributed by atoms with Crippen molar-refractivity contribution in [2.45, 2.75) is 76.9 Å². The minimum Gasteiger partial charge on any atom is -0.480 e. The first-order chi connectivity index (χ1) is 21.1. The minimum atomic E-state index is -1.21. The van der Waals surface area contributed by atoms with Crippen LogP contribution in [0.25, 0.3) is 10.9 Å². The van der Waals surface area contributed by atoms with E-state index >= 15 is 0 Å². The van der Waals surface area contributed by atoms with Crippen LogP contribution in [0.5, 0.6) is 0 Å². The Bertz CT molecular complexity index is 1430. The molecule has 0 aliphatic carbocycles. The molecular weight excluding hydrogens is 626 g/mol. The molecule has 1 fully saturated rings. The fraction of sp³-hybridized carbons (Fsp3) is 0.455. The molecule has 4 rings (SSSR count). The highest BCUT2D eigenvalue weighted by Crippen LogP contribution is 2.20. The number of fused-ring (bicyclic) bond motifs is 1. The van der Waals surface area contributed by atoms with E-state index in [1.165, 1.54) is 0 Å². The van der Waals surface area contributed by atoms with E-state index in [0.717, 1.165) is 52.2 Å². The topological polar surface area (TPSA) is 144 Å². The minimum absolute atomic E-state index is 0.0734. The maximum atomic E-state index is 13.8. The summed E-state index contributed by atoms with van der Waals surface area (Å²) in [7, 11) is 0. The predicted octanol–water partition coefficient (Wildman–Crippen LogP) is 4.77. The van der Waals surface area contributed by atoms with Crippen molar-refractivity contribution in [2.24, 2.45) is 5.92 Å². The smallest absolute Gasteiger partial charge is 0.326 e. The van der Waals surface area contributed by atoms with E-state index in [9.17, 15) is 24.3 Å². The zero-order chi connectivity index (χ0) is 31.6. The van der Waals surface area contributed by atoms with Gasteiger partial charge in [-0.05, 0) is 54.5 Å². The maximum Gasteiger partial charge on any atom is 0.326 e. The highest BCUT2D eigenvalue weighted by Gasteiger charge is 2.31. The molecule has 2 aromatic carbocycles. The number of aromatic amines is 1. The molecule has 0 unspecified atom stereocenters. The molecule has 1 aromatic heterocycles. The van der Waals surface area contributed by atoms with E-state index in [1.807, 2.05) is 50.2 Å². The number of hydrogen-bond acceptors (Lipinski definition) is 4. The molecule has 44 heavy (non-hydrogen) atoms. The van der Waals surface area contributed by atoms with Gasteiger partial charge in [0.25, 0.3) is 0 Å². The Balaban J connectivity index is 1.55. The van der Waals surface area contributed by atoms with Gasteiger partial charge in [-0.1, -0.05) is 73.0 Å². The number of aromatic nitrogens is 1. The molecule has 10 nitrogen and oxygen atoms in total. The first-order valence-corrected chi connectivity index (χ1v) is 16.1. The van der Waals surface area contributed by atoms with Crippen molar-refractivity contribution in [1.82, 2.24) is 25.8 Å². The molecule has 3 aromatic rings. The van der Waals surface area contributed by atoms with E-state index in [0.29, 0.717) is 19.5 Å². The summed E-state index contributed by atoms with van der Waals surface area (Å²) in [5.74, 6) is -2.18. The van der Waals surface area contributed by atoms with Gasteiger partial charge >= 0.3 is 12.0 Å². The number of likely N-dealkylation sites (tertiary alicyclic amines) is 1. The van der Waals surface area contributed by atoms with Crippen molar-refractivity contribution >= 4 is 50.6 Å². The lowest BCUT2D eigenvalue weighted by Gasteiger charge is -2.28. The van der Waals surface area contributed by atoms with Crippen molar-refractivity contribution < 1.29 is 24.3 Å². The Hall–Kier alpha value is -3.86. The quantitative estimate of drug-likeness (QED) is 0.189. The van der Waals surface area contributed by atoms with Crippen LogP contribution in [-0.2, 0) is 27.2 Å². The summed E-state index contributed by atoms with van der Waals surface area (Å²) < 4.78 is 0.859. The summed E-state index contributed by atoms with van der Waals surface area (Å²) in [5.41, 5.74) is 2.43. The van der Waals surface area contributed by atoms with Gasteiger partial charge in [0, 0.05) is 47.5 Å². The van der Waals surface area contributed by atoms with Crippen LogP contribution in [0, 0.1) is 5.92 Å². The van der Waals surface area contributed by atoms with Crippen LogP contribution in [0.3, 0.4) is 0 Å². The SMILES string of the molecule is CC(C)C[C@H](NC(=O)N1CCCCCC1)C(=O)N[C@H](Cc1c[nH]c2ccccc12)C(=O)N[C@H](Cc1ccc(Br)cc1)C(=O)O. The van der Waals surface area contributed by atoms with E-state index in [-0.39, 0.29) is 24.8 Å². The number of carbonyl (C=O) groups is 4. The number of carboxylic acids is 1. The molecule has 0 bridgehead atoms. The summed E-state index contributed by atoms with van der Waals surface area (Å²) in [6.07, 6.45) is 6.37. The molecule has 0 radical (unpaired) electrons. The normalized spacial score (nSPS) is 15.7. The lowest BCUT2D eigenvalue weighted by atomic mass is 10.00. The van der Waals surface area contributed by atoms with Gasteiger partial charge in [-0.25, -0.2) is 9.59 Å². The van der Waals surface area contributed by atoms with Gasteiger partial charge in [-0.15, -0.1) is 0 Å². The molecule has 236 valence electrons.